The van der Waals surface area contributed by atoms with E-state index >= 15 is 0 Å². The molecule has 132 valence electrons. The smallest absolute Gasteiger partial charge is 0.277 e. The number of nitrogens with zero attached hydrogens (tertiary/aromatic N) is 4. The molecule has 0 radical (unpaired) electrons. The highest BCUT2D eigenvalue weighted by Gasteiger charge is 2.25. The van der Waals surface area contributed by atoms with Crippen molar-refractivity contribution < 1.29 is 4.79 Å². The Hall–Kier alpha value is -3.02. The van der Waals surface area contributed by atoms with E-state index in [0.717, 1.165) is 36.3 Å². The number of carbonyl (C=O) groups excluding carboxylic acids is 1. The Labute approximate surface area is 152 Å². The fourth-order valence-electron chi connectivity index (χ4n) is 3.50. The molecule has 0 fully saturated rings. The molecule has 1 atom stereocenters. The van der Waals surface area contributed by atoms with Crippen molar-refractivity contribution in [1.29, 1.82) is 0 Å². The summed E-state index contributed by atoms with van der Waals surface area (Å²) in [5.41, 5.74) is 4.65. The van der Waals surface area contributed by atoms with Gasteiger partial charge in [-0.1, -0.05) is 24.3 Å². The molecule has 3 aromatic rings. The summed E-state index contributed by atoms with van der Waals surface area (Å²) in [6.07, 6.45) is 8.09. The second-order valence-corrected chi connectivity index (χ2v) is 6.72. The van der Waals surface area contributed by atoms with Gasteiger partial charge in [0.15, 0.2) is 0 Å². The van der Waals surface area contributed by atoms with Gasteiger partial charge < -0.3 is 5.32 Å². The molecule has 0 spiro atoms. The Morgan fingerprint density at radius 2 is 2.00 bits per heavy atom. The predicted octanol–water partition coefficient (Wildman–Crippen LogP) is 3.47. The first-order chi connectivity index (χ1) is 12.6. The molecule has 1 aromatic carbocycles. The number of carbonyl (C=O) groups is 1. The lowest BCUT2D eigenvalue weighted by Crippen LogP contribution is -2.23. The number of amides is 1. The average molecular weight is 347 g/mol. The lowest BCUT2D eigenvalue weighted by Gasteiger charge is -2.27. The van der Waals surface area contributed by atoms with Crippen molar-refractivity contribution in [2.24, 2.45) is 0 Å². The van der Waals surface area contributed by atoms with Crippen LogP contribution in [0.15, 0.2) is 42.9 Å². The molecule has 0 saturated heterocycles. The Kier molecular flexibility index (Phi) is 4.24. The number of hydrogen-bond donors (Lipinski definition) is 1. The molecule has 1 aliphatic carbocycles. The SMILES string of the molecule is Cc1cnc(C(=O)Nc2c(C)cnn2[C@H]2CCCc3ccccc32)cn1. The van der Waals surface area contributed by atoms with Gasteiger partial charge in [0.05, 0.1) is 24.1 Å². The van der Waals surface area contributed by atoms with E-state index in [1.807, 2.05) is 18.5 Å². The van der Waals surface area contributed by atoms with E-state index in [-0.39, 0.29) is 11.9 Å². The number of hydrogen-bond acceptors (Lipinski definition) is 4. The molecule has 4 rings (SSSR count). The monoisotopic (exact) mass is 347 g/mol. The number of aryl methyl sites for hydroxylation is 3. The molecule has 0 bridgehead atoms. The second-order valence-electron chi connectivity index (χ2n) is 6.72. The van der Waals surface area contributed by atoms with Gasteiger partial charge in [0.25, 0.3) is 5.91 Å². The Morgan fingerprint density at radius 1 is 1.15 bits per heavy atom. The molecule has 2 aromatic heterocycles. The van der Waals surface area contributed by atoms with E-state index < -0.39 is 0 Å². The zero-order chi connectivity index (χ0) is 18.1. The molecular formula is C20H21N5O. The predicted molar refractivity (Wildman–Crippen MR) is 99.2 cm³/mol. The van der Waals surface area contributed by atoms with Crippen molar-refractivity contribution in [3.05, 3.63) is 70.9 Å². The largest absolute Gasteiger partial charge is 0.305 e. The molecule has 1 amide bonds. The normalized spacial score (nSPS) is 16.2. The quantitative estimate of drug-likeness (QED) is 0.787. The Balaban J connectivity index is 1.66. The molecule has 6 heteroatoms. The minimum absolute atomic E-state index is 0.132. The zero-order valence-corrected chi connectivity index (χ0v) is 14.9. The fourth-order valence-corrected chi connectivity index (χ4v) is 3.50. The van der Waals surface area contributed by atoms with Crippen LogP contribution in [0, 0.1) is 13.8 Å². The highest BCUT2D eigenvalue weighted by Crippen LogP contribution is 2.35. The van der Waals surface area contributed by atoms with Crippen molar-refractivity contribution in [1.82, 2.24) is 19.7 Å². The third-order valence-corrected chi connectivity index (χ3v) is 4.86. The maximum atomic E-state index is 12.6. The van der Waals surface area contributed by atoms with Crippen LogP contribution in [-0.2, 0) is 6.42 Å². The fraction of sp³-hybridized carbons (Fsp3) is 0.300. The van der Waals surface area contributed by atoms with Crippen molar-refractivity contribution >= 4 is 11.7 Å². The molecule has 0 unspecified atom stereocenters. The van der Waals surface area contributed by atoms with Crippen LogP contribution in [0.4, 0.5) is 5.82 Å². The summed E-state index contributed by atoms with van der Waals surface area (Å²) in [7, 11) is 0. The first kappa shape index (κ1) is 16.4. The first-order valence-electron chi connectivity index (χ1n) is 8.85. The topological polar surface area (TPSA) is 72.7 Å². The number of nitrogens with one attached hydrogen (secondary N) is 1. The molecule has 1 aliphatic rings. The number of rotatable bonds is 3. The van der Waals surface area contributed by atoms with Crippen LogP contribution in [0.5, 0.6) is 0 Å². The van der Waals surface area contributed by atoms with Gasteiger partial charge >= 0.3 is 0 Å². The lowest BCUT2D eigenvalue weighted by atomic mass is 9.88. The van der Waals surface area contributed by atoms with Crippen LogP contribution in [-0.4, -0.2) is 25.7 Å². The van der Waals surface area contributed by atoms with Crippen LogP contribution in [0.1, 0.15) is 51.8 Å². The molecule has 0 aliphatic heterocycles. The third-order valence-electron chi connectivity index (χ3n) is 4.86. The summed E-state index contributed by atoms with van der Waals surface area (Å²) in [5, 5.41) is 7.55. The molecule has 1 N–H and O–H groups in total. The summed E-state index contributed by atoms with van der Waals surface area (Å²) in [6, 6.07) is 8.61. The lowest BCUT2D eigenvalue weighted by molar-refractivity contribution is 0.102. The van der Waals surface area contributed by atoms with E-state index in [2.05, 4.69) is 44.6 Å². The maximum absolute atomic E-state index is 12.6. The van der Waals surface area contributed by atoms with Gasteiger partial charge in [-0.05, 0) is 44.2 Å². The van der Waals surface area contributed by atoms with Crippen molar-refractivity contribution in [2.45, 2.75) is 39.2 Å². The van der Waals surface area contributed by atoms with Crippen LogP contribution in [0.3, 0.4) is 0 Å². The summed E-state index contributed by atoms with van der Waals surface area (Å²) in [6.45, 7) is 3.79. The van der Waals surface area contributed by atoms with Gasteiger partial charge in [-0.25, -0.2) is 9.67 Å². The van der Waals surface area contributed by atoms with E-state index in [0.29, 0.717) is 5.69 Å². The van der Waals surface area contributed by atoms with Crippen LogP contribution >= 0.6 is 0 Å². The van der Waals surface area contributed by atoms with Gasteiger partial charge in [-0.2, -0.15) is 5.10 Å². The molecule has 2 heterocycles. The van der Waals surface area contributed by atoms with Gasteiger partial charge in [-0.15, -0.1) is 0 Å². The summed E-state index contributed by atoms with van der Waals surface area (Å²) < 4.78 is 1.94. The molecule has 26 heavy (non-hydrogen) atoms. The third kappa shape index (κ3) is 2.98. The summed E-state index contributed by atoms with van der Waals surface area (Å²) in [5.74, 6) is 0.450. The Bertz CT molecular complexity index is 945. The first-order valence-corrected chi connectivity index (χ1v) is 8.85. The number of benzene rings is 1. The standard InChI is InChI=1S/C20H21N5O/c1-13-10-23-25(18-9-5-7-15-6-3-4-8-16(15)18)19(13)24-20(26)17-12-21-14(2)11-22-17/h3-4,6,8,10-12,18H,5,7,9H2,1-2H3,(H,24,26)/t18-/m0/s1. The van der Waals surface area contributed by atoms with E-state index in [4.69, 9.17) is 0 Å². The van der Waals surface area contributed by atoms with Gasteiger partial charge in [0.2, 0.25) is 0 Å². The minimum Gasteiger partial charge on any atom is -0.305 e. The number of aromatic nitrogens is 4. The van der Waals surface area contributed by atoms with E-state index in [9.17, 15) is 4.79 Å². The van der Waals surface area contributed by atoms with Crippen LogP contribution < -0.4 is 5.32 Å². The highest BCUT2D eigenvalue weighted by atomic mass is 16.2. The van der Waals surface area contributed by atoms with Crippen LogP contribution in [0.2, 0.25) is 0 Å². The van der Waals surface area contributed by atoms with Gasteiger partial charge in [0, 0.05) is 11.8 Å². The summed E-state index contributed by atoms with van der Waals surface area (Å²) in [4.78, 5) is 20.9. The van der Waals surface area contributed by atoms with Crippen molar-refractivity contribution in [2.75, 3.05) is 5.32 Å². The highest BCUT2D eigenvalue weighted by molar-refractivity contribution is 6.02. The average Bonchev–Trinajstić information content (AvgIpc) is 3.02. The van der Waals surface area contributed by atoms with E-state index in [1.165, 1.54) is 17.3 Å². The minimum atomic E-state index is -0.272. The molecule has 0 saturated carbocycles. The van der Waals surface area contributed by atoms with Gasteiger partial charge in [0.1, 0.15) is 11.5 Å². The molecular weight excluding hydrogens is 326 g/mol. The Morgan fingerprint density at radius 3 is 2.81 bits per heavy atom. The van der Waals surface area contributed by atoms with E-state index in [1.54, 1.807) is 12.4 Å². The summed E-state index contributed by atoms with van der Waals surface area (Å²) >= 11 is 0. The maximum Gasteiger partial charge on any atom is 0.277 e. The molecule has 6 nitrogen and oxygen atoms in total. The van der Waals surface area contributed by atoms with Crippen molar-refractivity contribution in [3.8, 4) is 0 Å². The van der Waals surface area contributed by atoms with Gasteiger partial charge in [-0.3, -0.25) is 9.78 Å². The number of anilines is 1. The second kappa shape index (κ2) is 6.71. The van der Waals surface area contributed by atoms with Crippen molar-refractivity contribution in [3.63, 3.8) is 0 Å². The van der Waals surface area contributed by atoms with Crippen LogP contribution in [0.25, 0.3) is 0 Å². The number of fused-ring (bicyclic) bond motifs is 1. The zero-order valence-electron chi connectivity index (χ0n) is 14.9.